The molecule has 3 amide bonds. The maximum Gasteiger partial charge on any atom is 0.256 e. The van der Waals surface area contributed by atoms with Gasteiger partial charge in [-0.1, -0.05) is 62.4 Å². The molecule has 2 heterocycles. The number of aromatic nitrogens is 3. The fourth-order valence-corrected chi connectivity index (χ4v) is 5.56. The van der Waals surface area contributed by atoms with Gasteiger partial charge in [0.2, 0.25) is 5.91 Å². The molecule has 2 aromatic carbocycles. The van der Waals surface area contributed by atoms with Crippen LogP contribution in [-0.2, 0) is 17.9 Å². The lowest BCUT2D eigenvalue weighted by Crippen LogP contribution is -2.46. The highest BCUT2D eigenvalue weighted by molar-refractivity contribution is 5.99. The molecule has 1 aliphatic rings. The molecule has 44 heavy (non-hydrogen) atoms. The van der Waals surface area contributed by atoms with Crippen LogP contribution < -0.4 is 21.7 Å². The Kier molecular flexibility index (Phi) is 10.4. The van der Waals surface area contributed by atoms with Crippen molar-refractivity contribution in [2.75, 3.05) is 5.73 Å². The molecule has 0 aliphatic heterocycles. The number of hydrogen-bond acceptors (Lipinski definition) is 6. The Morgan fingerprint density at radius 3 is 2.25 bits per heavy atom. The van der Waals surface area contributed by atoms with Crippen molar-refractivity contribution in [1.29, 1.82) is 0 Å². The molecule has 1 saturated carbocycles. The van der Waals surface area contributed by atoms with Crippen LogP contribution in [0.5, 0.6) is 0 Å². The number of amides is 3. The molecule has 0 spiro atoms. The van der Waals surface area contributed by atoms with E-state index in [1.807, 2.05) is 42.5 Å². The number of benzene rings is 2. The largest absolute Gasteiger partial charge is 0.383 e. The van der Waals surface area contributed by atoms with Crippen molar-refractivity contribution >= 4 is 23.5 Å². The molecule has 5 N–H and O–H groups in total. The predicted molar refractivity (Wildman–Crippen MR) is 169 cm³/mol. The lowest BCUT2D eigenvalue weighted by atomic mass is 9.85. The van der Waals surface area contributed by atoms with Gasteiger partial charge in [0.25, 0.3) is 11.8 Å². The summed E-state index contributed by atoms with van der Waals surface area (Å²) in [5, 5.41) is 13.1. The van der Waals surface area contributed by atoms with Gasteiger partial charge in [-0.25, -0.2) is 4.68 Å². The fraction of sp³-hybridized carbons (Fsp3) is 0.324. The summed E-state index contributed by atoms with van der Waals surface area (Å²) in [5.74, 6) is -0.00288. The van der Waals surface area contributed by atoms with E-state index >= 15 is 0 Å². The first kappa shape index (κ1) is 30.5. The van der Waals surface area contributed by atoms with Gasteiger partial charge in [0, 0.05) is 31.0 Å². The molecular formula is C34H39N7O3. The highest BCUT2D eigenvalue weighted by Crippen LogP contribution is 2.28. The van der Waals surface area contributed by atoms with E-state index in [2.05, 4.69) is 26.0 Å². The first-order valence-corrected chi connectivity index (χ1v) is 15.2. The smallest absolute Gasteiger partial charge is 0.256 e. The number of para-hydroxylation sites is 1. The molecular weight excluding hydrogens is 554 g/mol. The van der Waals surface area contributed by atoms with E-state index in [0.29, 0.717) is 24.4 Å². The van der Waals surface area contributed by atoms with Gasteiger partial charge < -0.3 is 21.7 Å². The Hall–Kier alpha value is -4.99. The van der Waals surface area contributed by atoms with Crippen molar-refractivity contribution < 1.29 is 14.4 Å². The first-order valence-electron chi connectivity index (χ1n) is 15.2. The topological polar surface area (TPSA) is 144 Å². The average molecular weight is 594 g/mol. The third kappa shape index (κ3) is 8.09. The van der Waals surface area contributed by atoms with Gasteiger partial charge >= 0.3 is 0 Å². The number of rotatable bonds is 12. The van der Waals surface area contributed by atoms with Gasteiger partial charge in [0.05, 0.1) is 11.9 Å². The van der Waals surface area contributed by atoms with Gasteiger partial charge in [-0.05, 0) is 66.3 Å². The average Bonchev–Trinajstić information content (AvgIpc) is 3.47. The van der Waals surface area contributed by atoms with E-state index in [-0.39, 0.29) is 35.6 Å². The summed E-state index contributed by atoms with van der Waals surface area (Å²) in [4.78, 5) is 43.2. The number of pyridine rings is 1. The van der Waals surface area contributed by atoms with Crippen LogP contribution in [0.3, 0.4) is 0 Å². The van der Waals surface area contributed by atoms with Crippen molar-refractivity contribution in [3.8, 4) is 5.69 Å². The van der Waals surface area contributed by atoms with Gasteiger partial charge in [0.15, 0.2) is 0 Å². The van der Waals surface area contributed by atoms with E-state index in [9.17, 15) is 14.4 Å². The van der Waals surface area contributed by atoms with Crippen LogP contribution in [0.15, 0.2) is 85.3 Å². The number of anilines is 1. The van der Waals surface area contributed by atoms with Gasteiger partial charge in [0.1, 0.15) is 17.4 Å². The van der Waals surface area contributed by atoms with E-state index < -0.39 is 6.04 Å². The molecule has 10 nitrogen and oxygen atoms in total. The number of hydrogen-bond donors (Lipinski definition) is 4. The predicted octanol–water partition coefficient (Wildman–Crippen LogP) is 4.55. The summed E-state index contributed by atoms with van der Waals surface area (Å²) >= 11 is 0. The van der Waals surface area contributed by atoms with Crippen LogP contribution >= 0.6 is 0 Å². The Morgan fingerprint density at radius 2 is 1.52 bits per heavy atom. The van der Waals surface area contributed by atoms with Crippen LogP contribution in [0.25, 0.3) is 5.69 Å². The standard InChI is InChI=1S/C34H39N7O3/c35-31-29(23-39-41(31)28-9-5-2-6-10-28)33(43)37-21-25-11-14-27(15-12-25)32(42)40-30(16-13-24-7-3-1-4-8-24)34(44)38-22-26-17-19-36-20-18-26/h2,5-6,9-12,14-15,17-20,23-24,30H,1,3-4,7-8,13,16,21-22,35H2,(H,37,43)(H,38,44)(H,40,42)/t30-/m0/s1. The molecule has 0 saturated heterocycles. The molecule has 5 rings (SSSR count). The molecule has 1 atom stereocenters. The van der Waals surface area contributed by atoms with E-state index in [1.54, 1.807) is 36.7 Å². The van der Waals surface area contributed by atoms with Crippen molar-refractivity contribution in [3.63, 3.8) is 0 Å². The number of carbonyl (C=O) groups excluding carboxylic acids is 3. The summed E-state index contributed by atoms with van der Waals surface area (Å²) in [6, 6.07) is 19.4. The molecule has 0 bridgehead atoms. The lowest BCUT2D eigenvalue weighted by Gasteiger charge is -2.24. The second-order valence-corrected chi connectivity index (χ2v) is 11.3. The molecule has 4 aromatic rings. The Bertz CT molecular complexity index is 1530. The van der Waals surface area contributed by atoms with Crippen LogP contribution in [-0.4, -0.2) is 38.5 Å². The third-order valence-corrected chi connectivity index (χ3v) is 8.15. The van der Waals surface area contributed by atoms with Crippen molar-refractivity contribution in [2.24, 2.45) is 5.92 Å². The number of nitrogens with zero attached hydrogens (tertiary/aromatic N) is 3. The highest BCUT2D eigenvalue weighted by Gasteiger charge is 2.24. The minimum Gasteiger partial charge on any atom is -0.383 e. The molecule has 1 aliphatic carbocycles. The maximum absolute atomic E-state index is 13.2. The van der Waals surface area contributed by atoms with E-state index in [1.165, 1.54) is 43.0 Å². The van der Waals surface area contributed by atoms with Gasteiger partial charge in [-0.3, -0.25) is 19.4 Å². The van der Waals surface area contributed by atoms with Crippen molar-refractivity contribution in [3.05, 3.63) is 108 Å². The van der Waals surface area contributed by atoms with Crippen LogP contribution in [0, 0.1) is 5.92 Å². The highest BCUT2D eigenvalue weighted by atomic mass is 16.2. The van der Waals surface area contributed by atoms with Gasteiger partial charge in [-0.15, -0.1) is 0 Å². The number of nitrogens with one attached hydrogen (secondary N) is 3. The second-order valence-electron chi connectivity index (χ2n) is 11.3. The van der Waals surface area contributed by atoms with Crippen LogP contribution in [0.1, 0.15) is 76.8 Å². The molecule has 0 unspecified atom stereocenters. The molecule has 0 radical (unpaired) electrons. The number of nitrogen functional groups attached to an aromatic ring is 1. The lowest BCUT2D eigenvalue weighted by molar-refractivity contribution is -0.123. The minimum absolute atomic E-state index is 0.194. The molecule has 2 aromatic heterocycles. The number of nitrogens with two attached hydrogens (primary N) is 1. The van der Waals surface area contributed by atoms with Crippen molar-refractivity contribution in [2.45, 2.75) is 64.1 Å². The van der Waals surface area contributed by atoms with Crippen molar-refractivity contribution in [1.82, 2.24) is 30.7 Å². The zero-order chi connectivity index (χ0) is 30.7. The summed E-state index contributed by atoms with van der Waals surface area (Å²) < 4.78 is 1.52. The van der Waals surface area contributed by atoms with Gasteiger partial charge in [-0.2, -0.15) is 5.10 Å². The Balaban J connectivity index is 1.17. The summed E-state index contributed by atoms with van der Waals surface area (Å²) in [6.45, 7) is 0.619. The number of carbonyl (C=O) groups is 3. The monoisotopic (exact) mass is 593 g/mol. The fourth-order valence-electron chi connectivity index (χ4n) is 5.56. The third-order valence-electron chi connectivity index (χ3n) is 8.15. The normalized spacial score (nSPS) is 14.0. The van der Waals surface area contributed by atoms with Crippen LogP contribution in [0.2, 0.25) is 0 Å². The zero-order valence-corrected chi connectivity index (χ0v) is 24.7. The van der Waals surface area contributed by atoms with E-state index in [0.717, 1.165) is 23.2 Å². The molecule has 228 valence electrons. The quantitative estimate of drug-likeness (QED) is 0.190. The summed E-state index contributed by atoms with van der Waals surface area (Å²) in [5.41, 5.74) is 9.44. The zero-order valence-electron chi connectivity index (χ0n) is 24.7. The maximum atomic E-state index is 13.2. The Morgan fingerprint density at radius 1 is 0.841 bits per heavy atom. The molecule has 1 fully saturated rings. The summed E-state index contributed by atoms with van der Waals surface area (Å²) in [6.07, 6.45) is 12.4. The molecule has 10 heteroatoms. The summed E-state index contributed by atoms with van der Waals surface area (Å²) in [7, 11) is 0. The van der Waals surface area contributed by atoms with E-state index in [4.69, 9.17) is 5.73 Å². The SMILES string of the molecule is Nc1c(C(=O)NCc2ccc(C(=O)N[C@@H](CCC3CCCCC3)C(=O)NCc3ccncc3)cc2)cnn1-c1ccccc1. The van der Waals surface area contributed by atoms with Crippen LogP contribution in [0.4, 0.5) is 5.82 Å². The Labute approximate surface area is 257 Å². The minimum atomic E-state index is -0.632. The first-order chi connectivity index (χ1) is 21.5. The second kappa shape index (κ2) is 15.0.